The average molecular weight is 218 g/mol. The average Bonchev–Trinajstić information content (AvgIpc) is 2.12. The first-order chi connectivity index (χ1) is 7.06. The fourth-order valence-corrected chi connectivity index (χ4v) is 3.62. The lowest BCUT2D eigenvalue weighted by molar-refractivity contribution is -0.130. The highest BCUT2D eigenvalue weighted by Gasteiger charge is 2.40. The van der Waals surface area contributed by atoms with Gasteiger partial charge in [0.2, 0.25) is 0 Å². The Balaban J connectivity index is 1.89. The van der Waals surface area contributed by atoms with Crippen molar-refractivity contribution < 1.29 is 13.2 Å². The molecule has 0 unspecified atom stereocenters. The van der Waals surface area contributed by atoms with Gasteiger partial charge in [-0.25, -0.2) is 0 Å². The summed E-state index contributed by atoms with van der Waals surface area (Å²) in [6.07, 6.45) is 3.08. The number of fused-ring (bicyclic) bond motifs is 2. The fraction of sp³-hybridized carbons (Fsp3) is 1.00. The number of hydrogen-bond acceptors (Lipinski definition) is 0. The molecule has 0 saturated carbocycles. The fourth-order valence-electron chi connectivity index (χ4n) is 3.62. The number of alkyl halides is 3. The third kappa shape index (κ3) is 2.91. The standard InChI is InChI=1S/C11H18BF3/c13-11(14,15)7-8-12-9-3-1-4-10(12)6-2-5-9/h9-10H,1-8H2. The van der Waals surface area contributed by atoms with E-state index in [9.17, 15) is 13.2 Å². The van der Waals surface area contributed by atoms with Crippen molar-refractivity contribution in [2.24, 2.45) is 0 Å². The largest absolute Gasteiger partial charge is 0.388 e. The summed E-state index contributed by atoms with van der Waals surface area (Å²) in [7, 11) is 0. The van der Waals surface area contributed by atoms with Crippen LogP contribution in [0.25, 0.3) is 0 Å². The van der Waals surface area contributed by atoms with E-state index < -0.39 is 12.6 Å². The van der Waals surface area contributed by atoms with E-state index in [1.165, 1.54) is 38.5 Å². The topological polar surface area (TPSA) is 0 Å². The molecule has 86 valence electrons. The highest BCUT2D eigenvalue weighted by molar-refractivity contribution is 6.62. The highest BCUT2D eigenvalue weighted by atomic mass is 19.4. The number of rotatable bonds is 2. The van der Waals surface area contributed by atoms with E-state index in [1.807, 2.05) is 0 Å². The van der Waals surface area contributed by atoms with Crippen LogP contribution >= 0.6 is 0 Å². The molecule has 2 aliphatic heterocycles. The zero-order valence-electron chi connectivity index (χ0n) is 9.02. The van der Waals surface area contributed by atoms with Crippen LogP contribution in [0.2, 0.25) is 18.0 Å². The van der Waals surface area contributed by atoms with Crippen molar-refractivity contribution in [3.63, 3.8) is 0 Å². The summed E-state index contributed by atoms with van der Waals surface area (Å²) < 4.78 is 36.6. The van der Waals surface area contributed by atoms with Gasteiger partial charge >= 0.3 is 6.18 Å². The van der Waals surface area contributed by atoms with E-state index in [4.69, 9.17) is 0 Å². The van der Waals surface area contributed by atoms with Gasteiger partial charge in [0, 0.05) is 6.42 Å². The van der Waals surface area contributed by atoms with E-state index in [0.717, 1.165) is 0 Å². The lowest BCUT2D eigenvalue weighted by Crippen LogP contribution is -2.35. The summed E-state index contributed by atoms with van der Waals surface area (Å²) in [5, 5.41) is 0. The van der Waals surface area contributed by atoms with Crippen LogP contribution < -0.4 is 0 Å². The molecule has 0 aromatic carbocycles. The Morgan fingerprint density at radius 2 is 1.40 bits per heavy atom. The van der Waals surface area contributed by atoms with E-state index in [2.05, 4.69) is 0 Å². The van der Waals surface area contributed by atoms with Crippen molar-refractivity contribution in [3.8, 4) is 0 Å². The molecule has 0 atom stereocenters. The van der Waals surface area contributed by atoms with Gasteiger partial charge in [0.05, 0.1) is 0 Å². The van der Waals surface area contributed by atoms with Crippen LogP contribution in [0, 0.1) is 0 Å². The molecule has 0 N–H and O–H groups in total. The third-order valence-corrected chi connectivity index (χ3v) is 4.27. The van der Waals surface area contributed by atoms with Crippen LogP contribution in [-0.4, -0.2) is 12.9 Å². The van der Waals surface area contributed by atoms with Crippen molar-refractivity contribution >= 4 is 6.71 Å². The van der Waals surface area contributed by atoms with Gasteiger partial charge in [-0.1, -0.05) is 56.5 Å². The molecule has 15 heavy (non-hydrogen) atoms. The Hall–Kier alpha value is -0.145. The van der Waals surface area contributed by atoms with Gasteiger partial charge in [0.1, 0.15) is 6.71 Å². The summed E-state index contributed by atoms with van der Waals surface area (Å²) in [6, 6.07) is 0. The van der Waals surface area contributed by atoms with E-state index >= 15 is 0 Å². The lowest BCUT2D eigenvalue weighted by Gasteiger charge is -2.40. The first kappa shape index (κ1) is 11.3. The van der Waals surface area contributed by atoms with Crippen LogP contribution in [0.1, 0.15) is 44.9 Å². The Kier molecular flexibility index (Phi) is 3.31. The molecule has 2 heterocycles. The van der Waals surface area contributed by atoms with Crippen molar-refractivity contribution in [3.05, 3.63) is 0 Å². The summed E-state index contributed by atoms with van der Waals surface area (Å²) >= 11 is 0. The molecule has 2 bridgehead atoms. The second-order valence-electron chi connectivity index (χ2n) is 5.20. The maximum atomic E-state index is 12.2. The molecule has 2 saturated heterocycles. The van der Waals surface area contributed by atoms with Gasteiger partial charge in [-0.3, -0.25) is 0 Å². The maximum Gasteiger partial charge on any atom is 0.388 e. The minimum absolute atomic E-state index is 0.383. The second-order valence-corrected chi connectivity index (χ2v) is 5.20. The van der Waals surface area contributed by atoms with Crippen molar-refractivity contribution in [1.29, 1.82) is 0 Å². The molecular formula is C11H18BF3. The summed E-state index contributed by atoms with van der Waals surface area (Å²) in [4.78, 5) is 0. The van der Waals surface area contributed by atoms with Gasteiger partial charge < -0.3 is 0 Å². The molecule has 0 spiro atoms. The predicted molar refractivity (Wildman–Crippen MR) is 56.4 cm³/mol. The van der Waals surface area contributed by atoms with Gasteiger partial charge in [0.25, 0.3) is 0 Å². The molecule has 0 aromatic rings. The van der Waals surface area contributed by atoms with Crippen LogP contribution in [0.5, 0.6) is 0 Å². The number of halogens is 3. The van der Waals surface area contributed by atoms with Crippen LogP contribution in [0.15, 0.2) is 0 Å². The Morgan fingerprint density at radius 1 is 0.933 bits per heavy atom. The maximum absolute atomic E-state index is 12.2. The van der Waals surface area contributed by atoms with E-state index in [0.29, 0.717) is 24.7 Å². The summed E-state index contributed by atoms with van der Waals surface area (Å²) in [5.74, 6) is 1.22. The first-order valence-corrected chi connectivity index (χ1v) is 6.13. The smallest absolute Gasteiger partial charge is 0.171 e. The molecule has 0 aromatic heterocycles. The molecule has 2 fully saturated rings. The molecule has 0 aliphatic carbocycles. The van der Waals surface area contributed by atoms with Gasteiger partial charge in [-0.05, 0) is 0 Å². The van der Waals surface area contributed by atoms with Gasteiger partial charge in [-0.2, -0.15) is 13.2 Å². The lowest BCUT2D eigenvalue weighted by atomic mass is 9.26. The van der Waals surface area contributed by atoms with E-state index in [1.54, 1.807) is 0 Å². The summed E-state index contributed by atoms with van der Waals surface area (Å²) in [5.41, 5.74) is 0. The third-order valence-electron chi connectivity index (χ3n) is 4.27. The Morgan fingerprint density at radius 3 is 1.80 bits per heavy atom. The molecule has 4 heteroatoms. The predicted octanol–water partition coefficient (Wildman–Crippen LogP) is 4.54. The van der Waals surface area contributed by atoms with Gasteiger partial charge in [0.15, 0.2) is 0 Å². The minimum Gasteiger partial charge on any atom is -0.171 e. The van der Waals surface area contributed by atoms with Crippen molar-refractivity contribution in [2.75, 3.05) is 0 Å². The first-order valence-electron chi connectivity index (χ1n) is 6.13. The zero-order valence-corrected chi connectivity index (χ0v) is 9.02. The van der Waals surface area contributed by atoms with Crippen molar-refractivity contribution in [1.82, 2.24) is 0 Å². The van der Waals surface area contributed by atoms with Gasteiger partial charge in [-0.15, -0.1) is 0 Å². The highest BCUT2D eigenvalue weighted by Crippen LogP contribution is 2.48. The molecule has 0 nitrogen and oxygen atoms in total. The van der Waals surface area contributed by atoms with Crippen LogP contribution in [-0.2, 0) is 0 Å². The quantitative estimate of drug-likeness (QED) is 0.596. The Bertz CT molecular complexity index is 192. The zero-order chi connectivity index (χ0) is 10.9. The van der Waals surface area contributed by atoms with Crippen molar-refractivity contribution in [2.45, 2.75) is 69.1 Å². The second kappa shape index (κ2) is 4.38. The Labute approximate surface area is 89.7 Å². The molecule has 2 aliphatic rings. The van der Waals surface area contributed by atoms with Crippen LogP contribution in [0.4, 0.5) is 13.2 Å². The van der Waals surface area contributed by atoms with Crippen LogP contribution in [0.3, 0.4) is 0 Å². The number of hydrogen-bond donors (Lipinski definition) is 0. The molecule has 0 amide bonds. The summed E-state index contributed by atoms with van der Waals surface area (Å²) in [6.45, 7) is 0.383. The minimum atomic E-state index is -3.95. The molecule has 0 radical (unpaired) electrons. The molecular weight excluding hydrogens is 200 g/mol. The normalized spacial score (nSPS) is 31.8. The SMILES string of the molecule is FC(F)(F)CCB1C2CCCC1CCC2. The monoisotopic (exact) mass is 218 g/mol. The molecule has 2 rings (SSSR count). The van der Waals surface area contributed by atoms with E-state index in [-0.39, 0.29) is 0 Å².